The smallest absolute Gasteiger partial charge is 0.225 e. The summed E-state index contributed by atoms with van der Waals surface area (Å²) in [7, 11) is 0. The molecule has 2 rings (SSSR count). The lowest BCUT2D eigenvalue weighted by Gasteiger charge is -2.38. The van der Waals surface area contributed by atoms with Crippen LogP contribution < -0.4 is 5.73 Å². The fourth-order valence-corrected chi connectivity index (χ4v) is 3.10. The molecule has 2 fully saturated rings. The minimum absolute atomic E-state index is 0.180. The van der Waals surface area contributed by atoms with Crippen LogP contribution in [0.4, 0.5) is 0 Å². The quantitative estimate of drug-likeness (QED) is 0.743. The molecule has 0 aromatic carbocycles. The molecule has 5 nitrogen and oxygen atoms in total. The molecule has 2 aliphatic rings. The summed E-state index contributed by atoms with van der Waals surface area (Å²) in [4.78, 5) is 14.2. The van der Waals surface area contributed by atoms with Crippen LogP contribution in [-0.4, -0.2) is 55.9 Å². The summed E-state index contributed by atoms with van der Waals surface area (Å²) in [5.41, 5.74) is 5.79. The van der Waals surface area contributed by atoms with Gasteiger partial charge in [0.1, 0.15) is 0 Å². The van der Waals surface area contributed by atoms with E-state index in [2.05, 4.69) is 6.92 Å². The van der Waals surface area contributed by atoms with Gasteiger partial charge in [-0.05, 0) is 31.6 Å². The number of hydrogen-bond donors (Lipinski definition) is 1. The van der Waals surface area contributed by atoms with Gasteiger partial charge in [0.05, 0.1) is 25.7 Å². The van der Waals surface area contributed by atoms with Crippen LogP contribution in [0.1, 0.15) is 39.0 Å². The van der Waals surface area contributed by atoms with Crippen molar-refractivity contribution in [3.8, 4) is 0 Å². The number of carbonyl (C=O) groups excluding carboxylic acids is 1. The number of nitrogens with two attached hydrogens (primary N) is 1. The average Bonchev–Trinajstić information content (AvgIpc) is 2.96. The van der Waals surface area contributed by atoms with Crippen molar-refractivity contribution in [3.05, 3.63) is 0 Å². The van der Waals surface area contributed by atoms with E-state index in [0.717, 1.165) is 38.8 Å². The van der Waals surface area contributed by atoms with Gasteiger partial charge >= 0.3 is 0 Å². The summed E-state index contributed by atoms with van der Waals surface area (Å²) in [5, 5.41) is 0. The Morgan fingerprint density at radius 3 is 3.00 bits per heavy atom. The van der Waals surface area contributed by atoms with E-state index in [9.17, 15) is 4.79 Å². The Hall–Kier alpha value is -0.650. The van der Waals surface area contributed by atoms with Crippen molar-refractivity contribution < 1.29 is 14.3 Å². The molecule has 116 valence electrons. The van der Waals surface area contributed by atoms with Crippen molar-refractivity contribution in [1.82, 2.24) is 4.90 Å². The van der Waals surface area contributed by atoms with Crippen molar-refractivity contribution in [2.45, 2.75) is 51.2 Å². The number of rotatable bonds is 6. The first-order chi connectivity index (χ1) is 9.70. The summed E-state index contributed by atoms with van der Waals surface area (Å²) < 4.78 is 11.1. The Balaban J connectivity index is 1.65. The topological polar surface area (TPSA) is 64.8 Å². The van der Waals surface area contributed by atoms with E-state index < -0.39 is 0 Å². The molecule has 0 spiro atoms. The summed E-state index contributed by atoms with van der Waals surface area (Å²) >= 11 is 0. The molecule has 0 aromatic heterocycles. The molecule has 0 aliphatic carbocycles. The Labute approximate surface area is 121 Å². The first-order valence-electron chi connectivity index (χ1n) is 7.89. The first-order valence-corrected chi connectivity index (χ1v) is 7.89. The average molecular weight is 284 g/mol. The van der Waals surface area contributed by atoms with Crippen LogP contribution in [0.2, 0.25) is 0 Å². The highest BCUT2D eigenvalue weighted by molar-refractivity contribution is 5.76. The minimum Gasteiger partial charge on any atom is -0.378 e. The SMILES string of the molecule is CC1CCN(C(=O)CCOCC2CCCO2)C(CN)C1. The number of amides is 1. The third kappa shape index (κ3) is 4.43. The number of piperidine rings is 1. The molecule has 0 bridgehead atoms. The van der Waals surface area contributed by atoms with Gasteiger partial charge in [-0.1, -0.05) is 6.92 Å². The summed E-state index contributed by atoms with van der Waals surface area (Å²) in [6.45, 7) is 5.58. The maximum absolute atomic E-state index is 12.2. The molecule has 3 unspecified atom stereocenters. The molecule has 3 atom stereocenters. The largest absolute Gasteiger partial charge is 0.378 e. The zero-order valence-electron chi connectivity index (χ0n) is 12.6. The highest BCUT2D eigenvalue weighted by Crippen LogP contribution is 2.22. The second-order valence-corrected chi connectivity index (χ2v) is 6.07. The van der Waals surface area contributed by atoms with Gasteiger partial charge in [-0.15, -0.1) is 0 Å². The number of ether oxygens (including phenoxy) is 2. The van der Waals surface area contributed by atoms with Gasteiger partial charge in [0.2, 0.25) is 5.91 Å². The second kappa shape index (κ2) is 7.96. The van der Waals surface area contributed by atoms with E-state index in [1.54, 1.807) is 0 Å². The zero-order chi connectivity index (χ0) is 14.4. The van der Waals surface area contributed by atoms with E-state index in [1.165, 1.54) is 0 Å². The lowest BCUT2D eigenvalue weighted by Crippen LogP contribution is -2.49. The normalized spacial score (nSPS) is 30.7. The first kappa shape index (κ1) is 15.7. The molecule has 20 heavy (non-hydrogen) atoms. The Morgan fingerprint density at radius 2 is 2.30 bits per heavy atom. The predicted molar refractivity (Wildman–Crippen MR) is 77.4 cm³/mol. The molecule has 0 radical (unpaired) electrons. The monoisotopic (exact) mass is 284 g/mol. The van der Waals surface area contributed by atoms with Crippen molar-refractivity contribution in [2.75, 3.05) is 32.9 Å². The van der Waals surface area contributed by atoms with E-state index in [1.807, 2.05) is 4.90 Å². The molecule has 0 saturated carbocycles. The standard InChI is InChI=1S/C15H28N2O3/c1-12-4-6-17(13(9-12)10-16)15(18)5-8-19-11-14-3-2-7-20-14/h12-14H,2-11,16H2,1H3. The van der Waals surface area contributed by atoms with E-state index in [0.29, 0.717) is 32.1 Å². The van der Waals surface area contributed by atoms with Gasteiger partial charge in [0.25, 0.3) is 0 Å². The van der Waals surface area contributed by atoms with Gasteiger partial charge in [-0.25, -0.2) is 0 Å². The predicted octanol–water partition coefficient (Wildman–Crippen LogP) is 1.16. The van der Waals surface area contributed by atoms with Gasteiger partial charge in [0, 0.05) is 25.7 Å². The molecule has 2 N–H and O–H groups in total. The van der Waals surface area contributed by atoms with Crippen LogP contribution in [0.25, 0.3) is 0 Å². The second-order valence-electron chi connectivity index (χ2n) is 6.07. The van der Waals surface area contributed by atoms with Gasteiger partial charge in [0.15, 0.2) is 0 Å². The summed E-state index contributed by atoms with van der Waals surface area (Å²) in [6.07, 6.45) is 5.00. The maximum atomic E-state index is 12.2. The fourth-order valence-electron chi connectivity index (χ4n) is 3.10. The van der Waals surface area contributed by atoms with Crippen LogP contribution in [0.5, 0.6) is 0 Å². The number of carbonyl (C=O) groups is 1. The number of hydrogen-bond acceptors (Lipinski definition) is 4. The Morgan fingerprint density at radius 1 is 1.45 bits per heavy atom. The van der Waals surface area contributed by atoms with Crippen LogP contribution in [0.15, 0.2) is 0 Å². The van der Waals surface area contributed by atoms with E-state index >= 15 is 0 Å². The molecule has 2 saturated heterocycles. The number of nitrogens with zero attached hydrogens (tertiary/aromatic N) is 1. The third-order valence-corrected chi connectivity index (χ3v) is 4.36. The van der Waals surface area contributed by atoms with Crippen LogP contribution >= 0.6 is 0 Å². The van der Waals surface area contributed by atoms with Crippen molar-refractivity contribution in [2.24, 2.45) is 11.7 Å². The minimum atomic E-state index is 0.180. The zero-order valence-corrected chi connectivity index (χ0v) is 12.6. The third-order valence-electron chi connectivity index (χ3n) is 4.36. The van der Waals surface area contributed by atoms with Gasteiger partial charge in [-0.3, -0.25) is 4.79 Å². The molecule has 5 heteroatoms. The molecule has 2 heterocycles. The lowest BCUT2D eigenvalue weighted by atomic mass is 9.92. The van der Waals surface area contributed by atoms with Gasteiger partial charge in [-0.2, -0.15) is 0 Å². The number of likely N-dealkylation sites (tertiary alicyclic amines) is 1. The molecule has 0 aromatic rings. The van der Waals surface area contributed by atoms with Crippen molar-refractivity contribution in [3.63, 3.8) is 0 Å². The highest BCUT2D eigenvalue weighted by Gasteiger charge is 2.28. The molecule has 2 aliphatic heterocycles. The fraction of sp³-hybridized carbons (Fsp3) is 0.933. The highest BCUT2D eigenvalue weighted by atomic mass is 16.5. The van der Waals surface area contributed by atoms with E-state index in [-0.39, 0.29) is 18.1 Å². The van der Waals surface area contributed by atoms with Gasteiger partial charge < -0.3 is 20.1 Å². The summed E-state index contributed by atoms with van der Waals surface area (Å²) in [5.74, 6) is 0.850. The van der Waals surface area contributed by atoms with E-state index in [4.69, 9.17) is 15.2 Å². The molecule has 1 amide bonds. The Bertz CT molecular complexity index is 305. The van der Waals surface area contributed by atoms with Crippen LogP contribution in [0.3, 0.4) is 0 Å². The van der Waals surface area contributed by atoms with Crippen LogP contribution in [0, 0.1) is 5.92 Å². The summed E-state index contributed by atoms with van der Waals surface area (Å²) in [6, 6.07) is 0.212. The Kier molecular flexibility index (Phi) is 6.26. The molecular weight excluding hydrogens is 256 g/mol. The molecular formula is C15H28N2O3. The van der Waals surface area contributed by atoms with Crippen molar-refractivity contribution >= 4 is 5.91 Å². The maximum Gasteiger partial charge on any atom is 0.225 e. The lowest BCUT2D eigenvalue weighted by molar-refractivity contribution is -0.136. The van der Waals surface area contributed by atoms with Crippen molar-refractivity contribution in [1.29, 1.82) is 0 Å². The van der Waals surface area contributed by atoms with Crippen LogP contribution in [-0.2, 0) is 14.3 Å².